The van der Waals surface area contributed by atoms with Crippen molar-refractivity contribution in [3.05, 3.63) is 72.8 Å². The van der Waals surface area contributed by atoms with Crippen LogP contribution in [-0.2, 0) is 0 Å². The summed E-state index contributed by atoms with van der Waals surface area (Å²) in [7, 11) is 0. The summed E-state index contributed by atoms with van der Waals surface area (Å²) < 4.78 is 15.0. The quantitative estimate of drug-likeness (QED) is 0.482. The number of pyridine rings is 1. The highest BCUT2D eigenvalue weighted by Crippen LogP contribution is 2.38. The number of hydrogen-bond donors (Lipinski definition) is 2. The van der Waals surface area contributed by atoms with Crippen LogP contribution in [0.2, 0.25) is 0 Å². The Hall–Kier alpha value is -3.34. The Morgan fingerprint density at radius 2 is 1.79 bits per heavy atom. The summed E-state index contributed by atoms with van der Waals surface area (Å²) in [5.74, 6) is -0.358. The van der Waals surface area contributed by atoms with Crippen molar-refractivity contribution in [1.29, 1.82) is 0 Å². The molecule has 140 valence electrons. The first-order valence-corrected chi connectivity index (χ1v) is 9.63. The zero-order chi connectivity index (χ0) is 18.9. The van der Waals surface area contributed by atoms with Gasteiger partial charge in [-0.3, -0.25) is 0 Å². The molecule has 0 saturated carbocycles. The van der Waals surface area contributed by atoms with Crippen LogP contribution in [0, 0.1) is 5.95 Å². The summed E-state index contributed by atoms with van der Waals surface area (Å²) in [6.07, 6.45) is 4.11. The molecule has 0 amide bonds. The Morgan fingerprint density at radius 1 is 0.964 bits per heavy atom. The Labute approximate surface area is 163 Å². The molecule has 3 heterocycles. The summed E-state index contributed by atoms with van der Waals surface area (Å²) in [5, 5.41) is 4.17. The van der Waals surface area contributed by atoms with Gasteiger partial charge in [-0.25, -0.2) is 4.98 Å². The summed E-state index contributed by atoms with van der Waals surface area (Å²) in [6.45, 7) is 2.12. The van der Waals surface area contributed by atoms with Crippen LogP contribution in [0.3, 0.4) is 0 Å². The Bertz CT molecular complexity index is 1110. The predicted molar refractivity (Wildman–Crippen MR) is 113 cm³/mol. The highest BCUT2D eigenvalue weighted by Gasteiger charge is 2.19. The monoisotopic (exact) mass is 372 g/mol. The molecule has 0 radical (unpaired) electrons. The zero-order valence-corrected chi connectivity index (χ0v) is 15.5. The Balaban J connectivity index is 1.63. The molecule has 2 N–H and O–H groups in total. The van der Waals surface area contributed by atoms with E-state index in [9.17, 15) is 4.39 Å². The molecule has 1 aliphatic rings. The lowest BCUT2D eigenvalue weighted by atomic mass is 10.0. The molecule has 28 heavy (non-hydrogen) atoms. The normalized spacial score (nSPS) is 14.0. The fourth-order valence-corrected chi connectivity index (χ4v) is 3.97. The largest absolute Gasteiger partial charge is 0.372 e. The molecule has 0 atom stereocenters. The van der Waals surface area contributed by atoms with Gasteiger partial charge in [0, 0.05) is 36.2 Å². The molecular formula is C23H21FN4. The smallest absolute Gasteiger partial charge is 0.201 e. The van der Waals surface area contributed by atoms with Gasteiger partial charge in [-0.2, -0.15) is 4.39 Å². The van der Waals surface area contributed by atoms with Crippen LogP contribution in [0.5, 0.6) is 0 Å². The molecule has 0 spiro atoms. The fourth-order valence-electron chi connectivity index (χ4n) is 3.97. The summed E-state index contributed by atoms with van der Waals surface area (Å²) in [5.41, 5.74) is 4.89. The van der Waals surface area contributed by atoms with Crippen molar-refractivity contribution >= 4 is 28.1 Å². The van der Waals surface area contributed by atoms with Gasteiger partial charge in [-0.15, -0.1) is 0 Å². The Morgan fingerprint density at radius 3 is 2.61 bits per heavy atom. The number of aromatic nitrogens is 2. The standard InChI is InChI=1S/C23H21FN4/c24-22-20(16-7-6-10-18(15-16)28-13-4-5-14-28)21-19(11-12-25-23(21)27-22)26-17-8-2-1-3-9-17/h1-3,6-12,15H,4-5,13-14H2,(H2,25,26,27). The number of aromatic amines is 1. The SMILES string of the molecule is Fc1[nH]c2nccc(Nc3ccccc3)c2c1-c1cccc(N2CCCC2)c1. The van der Waals surface area contributed by atoms with Crippen molar-refractivity contribution in [2.24, 2.45) is 0 Å². The number of halogens is 1. The molecule has 0 bridgehead atoms. The van der Waals surface area contributed by atoms with Gasteiger partial charge in [0.25, 0.3) is 0 Å². The number of benzene rings is 2. The minimum Gasteiger partial charge on any atom is -0.372 e. The lowest BCUT2D eigenvalue weighted by Crippen LogP contribution is -2.17. The average molecular weight is 372 g/mol. The fraction of sp³-hybridized carbons (Fsp3) is 0.174. The first-order valence-electron chi connectivity index (χ1n) is 9.63. The first kappa shape index (κ1) is 16.8. The molecule has 2 aromatic heterocycles. The second-order valence-electron chi connectivity index (χ2n) is 7.13. The molecule has 5 rings (SSSR count). The number of anilines is 3. The van der Waals surface area contributed by atoms with Crippen molar-refractivity contribution in [2.45, 2.75) is 12.8 Å². The molecule has 1 saturated heterocycles. The van der Waals surface area contributed by atoms with Gasteiger partial charge in [-0.1, -0.05) is 30.3 Å². The van der Waals surface area contributed by atoms with E-state index in [1.807, 2.05) is 48.5 Å². The van der Waals surface area contributed by atoms with Gasteiger partial charge < -0.3 is 15.2 Å². The van der Waals surface area contributed by atoms with Gasteiger partial charge in [-0.05, 0) is 48.7 Å². The molecule has 4 aromatic rings. The third-order valence-corrected chi connectivity index (χ3v) is 5.31. The Kier molecular flexibility index (Phi) is 4.20. The van der Waals surface area contributed by atoms with E-state index in [1.54, 1.807) is 6.20 Å². The van der Waals surface area contributed by atoms with Crippen LogP contribution >= 0.6 is 0 Å². The van der Waals surface area contributed by atoms with Crippen molar-refractivity contribution < 1.29 is 4.39 Å². The molecular weight excluding hydrogens is 351 g/mol. The van der Waals surface area contributed by atoms with Crippen LogP contribution in [-0.4, -0.2) is 23.1 Å². The number of rotatable bonds is 4. The van der Waals surface area contributed by atoms with Crippen molar-refractivity contribution in [1.82, 2.24) is 9.97 Å². The minimum absolute atomic E-state index is 0.358. The van der Waals surface area contributed by atoms with Gasteiger partial charge in [0.05, 0.1) is 11.1 Å². The number of nitrogens with zero attached hydrogens (tertiary/aromatic N) is 2. The number of hydrogen-bond acceptors (Lipinski definition) is 3. The number of para-hydroxylation sites is 1. The highest BCUT2D eigenvalue weighted by atomic mass is 19.1. The van der Waals surface area contributed by atoms with Crippen molar-refractivity contribution in [3.63, 3.8) is 0 Å². The van der Waals surface area contributed by atoms with Crippen LogP contribution in [0.25, 0.3) is 22.2 Å². The van der Waals surface area contributed by atoms with E-state index in [0.717, 1.165) is 41.1 Å². The molecule has 1 fully saturated rings. The van der Waals surface area contributed by atoms with Crippen molar-refractivity contribution in [2.75, 3.05) is 23.3 Å². The average Bonchev–Trinajstić information content (AvgIpc) is 3.37. The summed E-state index contributed by atoms with van der Waals surface area (Å²) >= 11 is 0. The predicted octanol–water partition coefficient (Wildman–Crippen LogP) is 5.71. The van der Waals surface area contributed by atoms with E-state index in [1.165, 1.54) is 12.8 Å². The van der Waals surface area contributed by atoms with Crippen LogP contribution in [0.15, 0.2) is 66.9 Å². The molecule has 5 heteroatoms. The minimum atomic E-state index is -0.358. The van der Waals surface area contributed by atoms with Gasteiger partial charge in [0.15, 0.2) is 0 Å². The topological polar surface area (TPSA) is 44.0 Å². The third kappa shape index (κ3) is 2.99. The zero-order valence-electron chi connectivity index (χ0n) is 15.5. The van der Waals surface area contributed by atoms with Gasteiger partial charge in [0.2, 0.25) is 5.95 Å². The molecule has 4 nitrogen and oxygen atoms in total. The lowest BCUT2D eigenvalue weighted by Gasteiger charge is -2.18. The maximum Gasteiger partial charge on any atom is 0.201 e. The highest BCUT2D eigenvalue weighted by molar-refractivity contribution is 6.03. The number of nitrogens with one attached hydrogen (secondary N) is 2. The maximum absolute atomic E-state index is 15.0. The second kappa shape index (κ2) is 7.00. The van der Waals surface area contributed by atoms with E-state index in [4.69, 9.17) is 0 Å². The van der Waals surface area contributed by atoms with Crippen molar-refractivity contribution in [3.8, 4) is 11.1 Å². The molecule has 1 aliphatic heterocycles. The summed E-state index contributed by atoms with van der Waals surface area (Å²) in [4.78, 5) is 9.51. The number of fused-ring (bicyclic) bond motifs is 1. The van der Waals surface area contributed by atoms with Gasteiger partial charge >= 0.3 is 0 Å². The van der Waals surface area contributed by atoms with Crippen LogP contribution in [0.1, 0.15) is 12.8 Å². The maximum atomic E-state index is 15.0. The lowest BCUT2D eigenvalue weighted by molar-refractivity contribution is 0.597. The van der Waals surface area contributed by atoms with Gasteiger partial charge in [0.1, 0.15) is 5.65 Å². The first-order chi connectivity index (χ1) is 13.8. The van der Waals surface area contributed by atoms with E-state index >= 15 is 0 Å². The van der Waals surface area contributed by atoms with E-state index in [0.29, 0.717) is 11.2 Å². The van der Waals surface area contributed by atoms with Crippen LogP contribution < -0.4 is 10.2 Å². The third-order valence-electron chi connectivity index (χ3n) is 5.31. The van der Waals surface area contributed by atoms with Crippen LogP contribution in [0.4, 0.5) is 21.5 Å². The molecule has 0 unspecified atom stereocenters. The van der Waals surface area contributed by atoms with E-state index < -0.39 is 0 Å². The molecule has 0 aliphatic carbocycles. The number of H-pyrrole nitrogens is 1. The second-order valence-corrected chi connectivity index (χ2v) is 7.13. The van der Waals surface area contributed by atoms with E-state index in [-0.39, 0.29) is 5.95 Å². The molecule has 2 aromatic carbocycles. The van der Waals surface area contributed by atoms with E-state index in [2.05, 4.69) is 32.3 Å². The summed E-state index contributed by atoms with van der Waals surface area (Å²) in [6, 6.07) is 19.9.